The van der Waals surface area contributed by atoms with Crippen molar-refractivity contribution in [2.45, 2.75) is 11.8 Å². The third kappa shape index (κ3) is 6.29. The summed E-state index contributed by atoms with van der Waals surface area (Å²) in [7, 11) is -3.92. The topological polar surface area (TPSA) is 114 Å². The molecular formula is C22H20FN3O5S. The van der Waals surface area contributed by atoms with Crippen LogP contribution in [0.15, 0.2) is 77.7 Å². The van der Waals surface area contributed by atoms with Crippen LogP contribution in [-0.2, 0) is 14.8 Å². The highest BCUT2D eigenvalue weighted by atomic mass is 32.2. The highest BCUT2D eigenvalue weighted by molar-refractivity contribution is 7.92. The minimum absolute atomic E-state index is 0.0889. The van der Waals surface area contributed by atoms with E-state index in [1.54, 1.807) is 18.2 Å². The molecule has 3 aromatic rings. The predicted octanol–water partition coefficient (Wildman–Crippen LogP) is 2.77. The van der Waals surface area contributed by atoms with Crippen LogP contribution in [0, 0.1) is 12.7 Å². The molecule has 10 heteroatoms. The van der Waals surface area contributed by atoms with E-state index in [1.807, 2.05) is 13.0 Å². The number of halogens is 1. The maximum absolute atomic E-state index is 13.0. The number of hydrogen-bond acceptors (Lipinski definition) is 5. The molecule has 0 aliphatic rings. The molecule has 0 spiro atoms. The minimum atomic E-state index is -3.92. The maximum atomic E-state index is 13.0. The van der Waals surface area contributed by atoms with Gasteiger partial charge in [-0.3, -0.25) is 25.2 Å². The Hall–Kier alpha value is -3.92. The second kappa shape index (κ2) is 9.92. The number of carbonyl (C=O) groups is 2. The first-order valence-corrected chi connectivity index (χ1v) is 10.9. The molecule has 3 aromatic carbocycles. The van der Waals surface area contributed by atoms with E-state index in [2.05, 4.69) is 15.6 Å². The van der Waals surface area contributed by atoms with E-state index in [-0.39, 0.29) is 22.8 Å². The quantitative estimate of drug-likeness (QED) is 0.472. The fourth-order valence-corrected chi connectivity index (χ4v) is 3.66. The maximum Gasteiger partial charge on any atom is 0.276 e. The molecule has 0 aliphatic heterocycles. The molecule has 0 aliphatic carbocycles. The summed E-state index contributed by atoms with van der Waals surface area (Å²) in [5, 5.41) is 0. The molecule has 0 aromatic heterocycles. The number of rotatable bonds is 7. The zero-order valence-corrected chi connectivity index (χ0v) is 17.8. The summed E-state index contributed by atoms with van der Waals surface area (Å²) in [4.78, 5) is 24.0. The van der Waals surface area contributed by atoms with Gasteiger partial charge in [0.2, 0.25) is 0 Å². The third-order valence-electron chi connectivity index (χ3n) is 4.20. The van der Waals surface area contributed by atoms with Crippen LogP contribution in [0.1, 0.15) is 15.9 Å². The predicted molar refractivity (Wildman–Crippen MR) is 116 cm³/mol. The largest absolute Gasteiger partial charge is 0.484 e. The van der Waals surface area contributed by atoms with E-state index >= 15 is 0 Å². The van der Waals surface area contributed by atoms with Crippen molar-refractivity contribution in [1.82, 2.24) is 10.9 Å². The summed E-state index contributed by atoms with van der Waals surface area (Å²) in [5.74, 6) is -1.17. The number of anilines is 1. The Morgan fingerprint density at radius 1 is 0.938 bits per heavy atom. The molecule has 0 fully saturated rings. The van der Waals surface area contributed by atoms with Gasteiger partial charge in [0.1, 0.15) is 11.6 Å². The van der Waals surface area contributed by atoms with Crippen molar-refractivity contribution in [2.75, 3.05) is 11.3 Å². The Balaban J connectivity index is 1.52. The van der Waals surface area contributed by atoms with E-state index in [9.17, 15) is 22.4 Å². The van der Waals surface area contributed by atoms with Crippen molar-refractivity contribution in [3.8, 4) is 5.75 Å². The van der Waals surface area contributed by atoms with Gasteiger partial charge in [-0.2, -0.15) is 0 Å². The van der Waals surface area contributed by atoms with Crippen LogP contribution in [0.2, 0.25) is 0 Å². The van der Waals surface area contributed by atoms with Gasteiger partial charge in [0.05, 0.1) is 4.90 Å². The van der Waals surface area contributed by atoms with Gasteiger partial charge in [-0.15, -0.1) is 0 Å². The fraction of sp³-hybridized carbons (Fsp3) is 0.0909. The van der Waals surface area contributed by atoms with E-state index in [4.69, 9.17) is 4.74 Å². The Morgan fingerprint density at radius 2 is 1.62 bits per heavy atom. The highest BCUT2D eigenvalue weighted by Crippen LogP contribution is 2.17. The molecule has 3 rings (SSSR count). The standard InChI is InChI=1S/C22H20FN3O5S/c1-15-3-2-4-19(13-15)31-14-21(27)24-25-22(28)16-5-11-20(12-6-16)32(29,30)26-18-9-7-17(23)8-10-18/h2-13,26H,14H2,1H3,(H,24,27)(H,25,28). The van der Waals surface area contributed by atoms with Gasteiger partial charge < -0.3 is 4.74 Å². The van der Waals surface area contributed by atoms with Gasteiger partial charge in [-0.05, 0) is 73.2 Å². The normalized spacial score (nSPS) is 10.8. The Labute approximate surface area is 184 Å². The van der Waals surface area contributed by atoms with Crippen molar-refractivity contribution < 1.29 is 27.1 Å². The Morgan fingerprint density at radius 3 is 2.28 bits per heavy atom. The molecule has 0 radical (unpaired) electrons. The molecule has 0 saturated heterocycles. The molecule has 2 amide bonds. The number of hydrogen-bond donors (Lipinski definition) is 3. The highest BCUT2D eigenvalue weighted by Gasteiger charge is 2.16. The van der Waals surface area contributed by atoms with E-state index in [0.29, 0.717) is 5.75 Å². The lowest BCUT2D eigenvalue weighted by molar-refractivity contribution is -0.123. The SMILES string of the molecule is Cc1cccc(OCC(=O)NNC(=O)c2ccc(S(=O)(=O)Nc3ccc(F)cc3)cc2)c1. The smallest absolute Gasteiger partial charge is 0.276 e. The average molecular weight is 457 g/mol. The van der Waals surface area contributed by atoms with Gasteiger partial charge in [0, 0.05) is 11.3 Å². The number of nitrogens with one attached hydrogen (secondary N) is 3. The van der Waals surface area contributed by atoms with Gasteiger partial charge in [0.25, 0.3) is 21.8 Å². The molecule has 0 atom stereocenters. The van der Waals surface area contributed by atoms with Gasteiger partial charge in [0.15, 0.2) is 6.61 Å². The van der Waals surface area contributed by atoms with Crippen LogP contribution in [0.25, 0.3) is 0 Å². The number of benzene rings is 3. The first kappa shape index (κ1) is 22.8. The summed E-state index contributed by atoms with van der Waals surface area (Å²) in [6, 6.07) is 17.1. The molecule has 8 nitrogen and oxygen atoms in total. The van der Waals surface area contributed by atoms with Crippen LogP contribution in [0.3, 0.4) is 0 Å². The Bertz CT molecular complexity index is 1210. The number of hydrazine groups is 1. The summed E-state index contributed by atoms with van der Waals surface area (Å²) >= 11 is 0. The molecule has 0 bridgehead atoms. The number of aryl methyl sites for hydroxylation is 1. The van der Waals surface area contributed by atoms with Crippen molar-refractivity contribution in [1.29, 1.82) is 0 Å². The first-order chi connectivity index (χ1) is 15.2. The molecule has 32 heavy (non-hydrogen) atoms. The van der Waals surface area contributed by atoms with Crippen LogP contribution >= 0.6 is 0 Å². The monoisotopic (exact) mass is 457 g/mol. The number of sulfonamides is 1. The van der Waals surface area contributed by atoms with Crippen molar-refractivity contribution >= 4 is 27.5 Å². The fourth-order valence-electron chi connectivity index (χ4n) is 2.61. The van der Waals surface area contributed by atoms with Crippen molar-refractivity contribution in [2.24, 2.45) is 0 Å². The lowest BCUT2D eigenvalue weighted by Crippen LogP contribution is -2.43. The molecule has 0 unspecified atom stereocenters. The lowest BCUT2D eigenvalue weighted by Gasteiger charge is -2.10. The van der Waals surface area contributed by atoms with Gasteiger partial charge in [-0.25, -0.2) is 12.8 Å². The summed E-state index contributed by atoms with van der Waals surface area (Å²) < 4.78 is 45.4. The summed E-state index contributed by atoms with van der Waals surface area (Å²) in [6.07, 6.45) is 0. The van der Waals surface area contributed by atoms with Crippen LogP contribution in [-0.4, -0.2) is 26.8 Å². The zero-order valence-electron chi connectivity index (χ0n) is 17.0. The first-order valence-electron chi connectivity index (χ1n) is 9.40. The van der Waals surface area contributed by atoms with Gasteiger partial charge >= 0.3 is 0 Å². The van der Waals surface area contributed by atoms with E-state index in [0.717, 1.165) is 17.7 Å². The second-order valence-corrected chi connectivity index (χ2v) is 8.43. The molecular weight excluding hydrogens is 437 g/mol. The second-order valence-electron chi connectivity index (χ2n) is 6.74. The molecule has 3 N–H and O–H groups in total. The zero-order chi connectivity index (χ0) is 23.1. The number of ether oxygens (including phenoxy) is 1. The van der Waals surface area contributed by atoms with E-state index in [1.165, 1.54) is 36.4 Å². The average Bonchev–Trinajstić information content (AvgIpc) is 2.77. The number of amides is 2. The van der Waals surface area contributed by atoms with E-state index < -0.39 is 27.7 Å². The molecule has 166 valence electrons. The Kier molecular flexibility index (Phi) is 7.06. The molecule has 0 saturated carbocycles. The summed E-state index contributed by atoms with van der Waals surface area (Å²) in [6.45, 7) is 1.60. The van der Waals surface area contributed by atoms with Crippen LogP contribution in [0.5, 0.6) is 5.75 Å². The van der Waals surface area contributed by atoms with Crippen molar-refractivity contribution in [3.05, 3.63) is 89.7 Å². The lowest BCUT2D eigenvalue weighted by atomic mass is 10.2. The molecule has 0 heterocycles. The summed E-state index contributed by atoms with van der Waals surface area (Å²) in [5.41, 5.74) is 5.76. The van der Waals surface area contributed by atoms with Gasteiger partial charge in [-0.1, -0.05) is 12.1 Å². The van der Waals surface area contributed by atoms with Crippen LogP contribution in [0.4, 0.5) is 10.1 Å². The minimum Gasteiger partial charge on any atom is -0.484 e. The third-order valence-corrected chi connectivity index (χ3v) is 5.60. The number of carbonyl (C=O) groups excluding carboxylic acids is 2. The van der Waals surface area contributed by atoms with Crippen LogP contribution < -0.4 is 20.3 Å². The van der Waals surface area contributed by atoms with Crippen molar-refractivity contribution in [3.63, 3.8) is 0 Å².